The minimum absolute atomic E-state index is 0. The van der Waals surface area contributed by atoms with E-state index < -0.39 is 83.1 Å². The fourth-order valence-electron chi connectivity index (χ4n) is 1.82. The van der Waals surface area contributed by atoms with E-state index in [4.69, 9.17) is 29.5 Å². The average Bonchev–Trinajstić information content (AvgIpc) is 2.56. The molecule has 0 aliphatic carbocycles. The minimum Gasteiger partial charge on any atom is -0.744 e. The Morgan fingerprint density at radius 3 is 1.21 bits per heavy atom. The van der Waals surface area contributed by atoms with Crippen molar-refractivity contribution in [1.29, 1.82) is 0 Å². The largest absolute Gasteiger partial charge is 1.00 e. The van der Waals surface area contributed by atoms with Crippen LogP contribution in [0.25, 0.3) is 0 Å². The van der Waals surface area contributed by atoms with Crippen LogP contribution in [0, 0.1) is 0 Å². The summed E-state index contributed by atoms with van der Waals surface area (Å²) in [5.41, 5.74) is 0. The summed E-state index contributed by atoms with van der Waals surface area (Å²) in [7, 11) is -19.9. The van der Waals surface area contributed by atoms with Crippen LogP contribution < -0.4 is 59.1 Å². The molecule has 0 amide bonds. The maximum absolute atomic E-state index is 10.7. The summed E-state index contributed by atoms with van der Waals surface area (Å²) in [4.78, 5) is -4.70. The number of aromatic hydroxyl groups is 4. The van der Waals surface area contributed by atoms with Gasteiger partial charge in [0.05, 0.1) is 9.79 Å². The topological polar surface area (TPSA) is 304 Å². The molecule has 0 heterocycles. The third-order valence-electron chi connectivity index (χ3n) is 3.19. The predicted octanol–water partition coefficient (Wildman–Crippen LogP) is -7.49. The molecule has 22 heteroatoms. The molecule has 6 N–H and O–H groups in total. The van der Waals surface area contributed by atoms with Gasteiger partial charge in [0, 0.05) is 12.1 Å². The van der Waals surface area contributed by atoms with Gasteiger partial charge >= 0.3 is 59.1 Å². The maximum atomic E-state index is 10.7. The molecule has 0 atom stereocenters. The smallest absolute Gasteiger partial charge is 0.744 e. The van der Waals surface area contributed by atoms with Gasteiger partial charge in [-0.2, -0.15) is 16.8 Å². The molecule has 2 aromatic carbocycles. The summed E-state index contributed by atoms with van der Waals surface area (Å²) in [5.74, 6) is -4.81. The zero-order valence-corrected chi connectivity index (χ0v) is 24.0. The van der Waals surface area contributed by atoms with Crippen LogP contribution in [0.5, 0.6) is 23.0 Å². The Kier molecular flexibility index (Phi) is 12.5. The van der Waals surface area contributed by atoms with Gasteiger partial charge in [-0.3, -0.25) is 9.11 Å². The SMILES string of the molecule is O=S(=O)(O)c1cc(O)c(O)c(S(=O)(=O)O)c1.O=S(=O)([O-])c1cc(O)c(O)c(S(=O)(=O)[O-])c1.[Na+].[Na+]. The first kappa shape index (κ1) is 35.4. The van der Waals surface area contributed by atoms with Gasteiger partial charge in [-0.1, -0.05) is 0 Å². The molecule has 2 aromatic rings. The molecule has 34 heavy (non-hydrogen) atoms. The molecule has 0 aliphatic heterocycles. The molecule has 2 rings (SSSR count). The van der Waals surface area contributed by atoms with Gasteiger partial charge in [0.25, 0.3) is 20.2 Å². The standard InChI is InChI=1S/2C6H6O8S2.2Na/c2*7-4-1-3(15(9,10)11)2-5(6(4)8)16(12,13)14;;/h2*1-2,7-8H,(H,9,10,11)(H,12,13,14);;/q;;2*+1/p-2. The van der Waals surface area contributed by atoms with E-state index in [9.17, 15) is 42.8 Å². The van der Waals surface area contributed by atoms with Crippen LogP contribution in [-0.2, 0) is 40.5 Å². The van der Waals surface area contributed by atoms with Crippen LogP contribution in [0.4, 0.5) is 0 Å². The Bertz CT molecular complexity index is 1380. The zero-order valence-electron chi connectivity index (χ0n) is 16.7. The molecule has 0 saturated heterocycles. The summed E-state index contributed by atoms with van der Waals surface area (Å²) in [6.07, 6.45) is 0. The fraction of sp³-hybridized carbons (Fsp3) is 0. The molecule has 0 fully saturated rings. The quantitative estimate of drug-likeness (QED) is 0.110. The fourth-order valence-corrected chi connectivity index (χ4v) is 4.25. The van der Waals surface area contributed by atoms with E-state index >= 15 is 0 Å². The van der Waals surface area contributed by atoms with Crippen molar-refractivity contribution in [3.8, 4) is 23.0 Å². The second-order valence-corrected chi connectivity index (χ2v) is 11.0. The molecule has 0 unspecified atom stereocenters. The second-order valence-electron chi connectivity index (χ2n) is 5.44. The maximum Gasteiger partial charge on any atom is 1.00 e. The van der Waals surface area contributed by atoms with Crippen LogP contribution >= 0.6 is 0 Å². The van der Waals surface area contributed by atoms with E-state index in [-0.39, 0.29) is 65.2 Å². The van der Waals surface area contributed by atoms with E-state index in [0.29, 0.717) is 18.2 Å². The first-order chi connectivity index (χ1) is 14.1. The van der Waals surface area contributed by atoms with Crippen molar-refractivity contribution in [3.63, 3.8) is 0 Å². The zero-order chi connectivity index (χ0) is 25.4. The van der Waals surface area contributed by atoms with E-state index in [1.54, 1.807) is 0 Å². The number of hydrogen-bond donors (Lipinski definition) is 6. The first-order valence-corrected chi connectivity index (χ1v) is 12.7. The molecule has 0 radical (unpaired) electrons. The molecule has 0 aliphatic rings. The van der Waals surface area contributed by atoms with E-state index in [0.717, 1.165) is 0 Å². The molecule has 0 bridgehead atoms. The number of rotatable bonds is 4. The Morgan fingerprint density at radius 2 is 0.882 bits per heavy atom. The van der Waals surface area contributed by atoms with Gasteiger partial charge in [0.15, 0.2) is 23.0 Å². The minimum atomic E-state index is -5.20. The third-order valence-corrected chi connectivity index (χ3v) is 6.55. The van der Waals surface area contributed by atoms with Crippen molar-refractivity contribution in [1.82, 2.24) is 0 Å². The average molecular weight is 584 g/mol. The second kappa shape index (κ2) is 12.0. The van der Waals surface area contributed by atoms with Gasteiger partial charge < -0.3 is 29.5 Å². The van der Waals surface area contributed by atoms with Crippen LogP contribution in [0.2, 0.25) is 0 Å². The molecular weight excluding hydrogens is 574 g/mol. The molecule has 16 nitrogen and oxygen atoms in total. The van der Waals surface area contributed by atoms with E-state index in [1.165, 1.54) is 0 Å². The van der Waals surface area contributed by atoms with Crippen molar-refractivity contribution in [2.45, 2.75) is 19.6 Å². The Hall–Kier alpha value is -0.720. The van der Waals surface area contributed by atoms with Crippen molar-refractivity contribution >= 4 is 40.5 Å². The Balaban J connectivity index is 0. The van der Waals surface area contributed by atoms with E-state index in [1.807, 2.05) is 0 Å². The summed E-state index contributed by atoms with van der Waals surface area (Å²) in [5, 5.41) is 36.0. The number of hydrogen-bond acceptors (Lipinski definition) is 14. The number of phenols is 4. The van der Waals surface area contributed by atoms with Crippen LogP contribution in [0.3, 0.4) is 0 Å². The predicted molar refractivity (Wildman–Crippen MR) is 95.1 cm³/mol. The monoisotopic (exact) mass is 584 g/mol. The molecule has 0 spiro atoms. The van der Waals surface area contributed by atoms with Crippen LogP contribution in [-0.4, -0.2) is 72.3 Å². The molecular formula is C12H10Na2O16S4. The normalized spacial score (nSPS) is 11.9. The number of phenolic OH excluding ortho intramolecular Hbond substituents is 4. The third kappa shape index (κ3) is 9.39. The van der Waals surface area contributed by atoms with Gasteiger partial charge in [-0.25, -0.2) is 16.8 Å². The Morgan fingerprint density at radius 1 is 0.529 bits per heavy atom. The van der Waals surface area contributed by atoms with Crippen molar-refractivity contribution in [2.24, 2.45) is 0 Å². The Labute approximate surface area is 236 Å². The van der Waals surface area contributed by atoms with Crippen molar-refractivity contribution in [3.05, 3.63) is 24.3 Å². The van der Waals surface area contributed by atoms with Gasteiger partial charge in [-0.15, -0.1) is 0 Å². The number of benzene rings is 2. The summed E-state index contributed by atoms with van der Waals surface area (Å²) >= 11 is 0. The van der Waals surface area contributed by atoms with E-state index in [2.05, 4.69) is 0 Å². The van der Waals surface area contributed by atoms with Crippen LogP contribution in [0.1, 0.15) is 0 Å². The molecule has 180 valence electrons. The van der Waals surface area contributed by atoms with Crippen molar-refractivity contribution < 1.29 is 131 Å². The van der Waals surface area contributed by atoms with Crippen LogP contribution in [0.15, 0.2) is 43.8 Å². The summed E-state index contributed by atoms with van der Waals surface area (Å²) in [6, 6.07) is 1.26. The van der Waals surface area contributed by atoms with Gasteiger partial charge in [0.2, 0.25) is 0 Å². The summed E-state index contributed by atoms with van der Waals surface area (Å²) < 4.78 is 123. The van der Waals surface area contributed by atoms with Crippen molar-refractivity contribution in [2.75, 3.05) is 0 Å². The molecule has 0 saturated carbocycles. The molecule has 0 aromatic heterocycles. The van der Waals surface area contributed by atoms with Gasteiger partial charge in [0.1, 0.15) is 30.0 Å². The first-order valence-electron chi connectivity index (χ1n) is 7.05. The van der Waals surface area contributed by atoms with Gasteiger partial charge in [-0.05, 0) is 12.1 Å². The summed E-state index contributed by atoms with van der Waals surface area (Å²) in [6.45, 7) is 0.